The van der Waals surface area contributed by atoms with Crippen LogP contribution in [0.25, 0.3) is 0 Å². The van der Waals surface area contributed by atoms with E-state index in [2.05, 4.69) is 5.32 Å². The van der Waals surface area contributed by atoms with E-state index in [4.69, 9.17) is 4.74 Å². The van der Waals surface area contributed by atoms with Gasteiger partial charge in [0.15, 0.2) is 0 Å². The van der Waals surface area contributed by atoms with Crippen molar-refractivity contribution in [2.24, 2.45) is 5.92 Å². The Hall–Kier alpha value is -2.38. The molecule has 0 saturated carbocycles. The summed E-state index contributed by atoms with van der Waals surface area (Å²) in [6.45, 7) is 5.48. The van der Waals surface area contributed by atoms with Gasteiger partial charge in [-0.1, -0.05) is 19.9 Å². The van der Waals surface area contributed by atoms with Crippen molar-refractivity contribution in [2.45, 2.75) is 33.2 Å². The number of nitrogens with zero attached hydrogens (tertiary/aromatic N) is 2. The zero-order valence-corrected chi connectivity index (χ0v) is 19.4. The maximum atomic E-state index is 13.0. The fourth-order valence-corrected chi connectivity index (χ4v) is 3.88. The number of thiophene rings is 1. The largest absolute Gasteiger partial charge is 0.383 e. The van der Waals surface area contributed by atoms with E-state index in [9.17, 15) is 9.59 Å². The van der Waals surface area contributed by atoms with Gasteiger partial charge in [0.25, 0.3) is 0 Å². The fraction of sp³-hybridized carbons (Fsp3) is 0.478. The number of ether oxygens (including phenoxy) is 1. The van der Waals surface area contributed by atoms with E-state index in [-0.39, 0.29) is 11.8 Å². The minimum absolute atomic E-state index is 0.00133. The number of rotatable bonds is 11. The molecule has 0 unspecified atom stereocenters. The van der Waals surface area contributed by atoms with Crippen molar-refractivity contribution in [3.63, 3.8) is 0 Å². The summed E-state index contributed by atoms with van der Waals surface area (Å²) in [7, 11) is 5.59. The molecule has 1 N–H and O–H groups in total. The topological polar surface area (TPSA) is 61.9 Å². The van der Waals surface area contributed by atoms with E-state index in [1.165, 1.54) is 0 Å². The third kappa shape index (κ3) is 7.46. The van der Waals surface area contributed by atoms with Crippen molar-refractivity contribution >= 4 is 34.5 Å². The molecule has 0 aliphatic heterocycles. The first kappa shape index (κ1) is 23.9. The molecule has 1 aromatic heterocycles. The lowest BCUT2D eigenvalue weighted by atomic mass is 10.1. The molecule has 7 heteroatoms. The van der Waals surface area contributed by atoms with Gasteiger partial charge in [0.2, 0.25) is 11.8 Å². The van der Waals surface area contributed by atoms with Crippen LogP contribution >= 0.6 is 11.3 Å². The molecule has 0 aliphatic rings. The molecular weight excluding hydrogens is 398 g/mol. The molecule has 0 spiro atoms. The first-order valence-corrected chi connectivity index (χ1v) is 11.1. The Bertz CT molecular complexity index is 819. The molecule has 2 aromatic rings. The third-order valence-corrected chi connectivity index (χ3v) is 5.50. The summed E-state index contributed by atoms with van der Waals surface area (Å²) >= 11 is 1.59. The minimum Gasteiger partial charge on any atom is -0.383 e. The van der Waals surface area contributed by atoms with Gasteiger partial charge in [-0.3, -0.25) is 9.59 Å². The Balaban J connectivity index is 2.23. The molecule has 0 bridgehead atoms. The summed E-state index contributed by atoms with van der Waals surface area (Å²) in [4.78, 5) is 30.1. The van der Waals surface area contributed by atoms with E-state index in [0.29, 0.717) is 38.5 Å². The molecule has 1 heterocycles. The number of amides is 2. The number of methoxy groups -OCH3 is 1. The molecule has 0 atom stereocenters. The van der Waals surface area contributed by atoms with Crippen LogP contribution in [-0.4, -0.2) is 51.1 Å². The van der Waals surface area contributed by atoms with Gasteiger partial charge in [0.1, 0.15) is 0 Å². The lowest BCUT2D eigenvalue weighted by Crippen LogP contribution is -2.35. The number of carbonyl (C=O) groups excluding carboxylic acids is 2. The van der Waals surface area contributed by atoms with Crippen molar-refractivity contribution in [1.82, 2.24) is 4.90 Å². The molecule has 2 amide bonds. The number of carbonyl (C=O) groups is 2. The number of nitrogens with one attached hydrogen (secondary N) is 1. The first-order chi connectivity index (χ1) is 14.3. The summed E-state index contributed by atoms with van der Waals surface area (Å²) in [5.74, 6) is 0.358. The Morgan fingerprint density at radius 3 is 2.57 bits per heavy atom. The molecule has 6 nitrogen and oxygen atoms in total. The van der Waals surface area contributed by atoms with Crippen LogP contribution < -0.4 is 10.2 Å². The highest BCUT2D eigenvalue weighted by Gasteiger charge is 2.18. The summed E-state index contributed by atoms with van der Waals surface area (Å²) in [5, 5.41) is 4.96. The average Bonchev–Trinajstić information content (AvgIpc) is 3.17. The molecule has 0 radical (unpaired) electrons. The molecular formula is C23H33N3O3S. The second-order valence-electron chi connectivity index (χ2n) is 7.95. The van der Waals surface area contributed by atoms with E-state index in [0.717, 1.165) is 21.8 Å². The molecule has 164 valence electrons. The summed E-state index contributed by atoms with van der Waals surface area (Å²) < 4.78 is 5.23. The lowest BCUT2D eigenvalue weighted by Gasteiger charge is -2.26. The zero-order valence-electron chi connectivity index (χ0n) is 18.6. The van der Waals surface area contributed by atoms with Crippen LogP contribution in [0.4, 0.5) is 11.4 Å². The summed E-state index contributed by atoms with van der Waals surface area (Å²) in [6, 6.07) is 9.79. The van der Waals surface area contributed by atoms with Gasteiger partial charge in [0, 0.05) is 57.0 Å². The SMILES string of the molecule is COCCN(Cc1cc(NC(=O)CC(C)C)ccc1N(C)C)C(=O)Cc1cccs1. The normalized spacial score (nSPS) is 10.9. The van der Waals surface area contributed by atoms with Crippen LogP contribution in [0, 0.1) is 5.92 Å². The summed E-state index contributed by atoms with van der Waals surface area (Å²) in [5.41, 5.74) is 2.75. The van der Waals surface area contributed by atoms with Crippen molar-refractivity contribution in [3.8, 4) is 0 Å². The minimum atomic E-state index is -0.00133. The number of benzene rings is 1. The molecule has 2 rings (SSSR count). The van der Waals surface area contributed by atoms with Crippen LogP contribution in [0.5, 0.6) is 0 Å². The monoisotopic (exact) mass is 431 g/mol. The van der Waals surface area contributed by atoms with E-state index < -0.39 is 0 Å². The van der Waals surface area contributed by atoms with E-state index in [1.54, 1.807) is 18.4 Å². The standard InChI is InChI=1S/C23H33N3O3S/c1-17(2)13-22(27)24-19-8-9-21(25(3)4)18(14-19)16-26(10-11-29-5)23(28)15-20-7-6-12-30-20/h6-9,12,14,17H,10-11,13,15-16H2,1-5H3,(H,24,27). The Kier molecular flexibility index (Phi) is 9.33. The van der Waals surface area contributed by atoms with Crippen molar-refractivity contribution in [2.75, 3.05) is 44.6 Å². The lowest BCUT2D eigenvalue weighted by molar-refractivity contribution is -0.131. The quantitative estimate of drug-likeness (QED) is 0.584. The van der Waals surface area contributed by atoms with Crippen molar-refractivity contribution in [1.29, 1.82) is 0 Å². The average molecular weight is 432 g/mol. The Labute approximate surface area is 183 Å². The fourth-order valence-electron chi connectivity index (χ4n) is 3.18. The van der Waals surface area contributed by atoms with Gasteiger partial charge in [-0.05, 0) is 41.1 Å². The zero-order chi connectivity index (χ0) is 22.1. The molecule has 0 fully saturated rings. The maximum Gasteiger partial charge on any atom is 0.228 e. The third-order valence-electron chi connectivity index (χ3n) is 4.62. The Morgan fingerprint density at radius 2 is 1.97 bits per heavy atom. The van der Waals surface area contributed by atoms with Crippen LogP contribution in [0.3, 0.4) is 0 Å². The second kappa shape index (κ2) is 11.7. The van der Waals surface area contributed by atoms with Gasteiger partial charge in [-0.15, -0.1) is 11.3 Å². The van der Waals surface area contributed by atoms with Gasteiger partial charge >= 0.3 is 0 Å². The van der Waals surface area contributed by atoms with Crippen molar-refractivity contribution in [3.05, 3.63) is 46.2 Å². The highest BCUT2D eigenvalue weighted by atomic mass is 32.1. The van der Waals surface area contributed by atoms with Gasteiger partial charge in [-0.25, -0.2) is 0 Å². The highest BCUT2D eigenvalue weighted by Crippen LogP contribution is 2.25. The Morgan fingerprint density at radius 1 is 1.20 bits per heavy atom. The number of hydrogen-bond acceptors (Lipinski definition) is 5. The molecule has 1 aromatic carbocycles. The smallest absolute Gasteiger partial charge is 0.228 e. The molecule has 30 heavy (non-hydrogen) atoms. The van der Waals surface area contributed by atoms with E-state index in [1.807, 2.05) is 73.5 Å². The van der Waals surface area contributed by atoms with Gasteiger partial charge in [0.05, 0.1) is 13.0 Å². The van der Waals surface area contributed by atoms with Crippen LogP contribution in [0.2, 0.25) is 0 Å². The van der Waals surface area contributed by atoms with Crippen LogP contribution in [-0.2, 0) is 27.3 Å². The van der Waals surface area contributed by atoms with Gasteiger partial charge < -0.3 is 19.9 Å². The maximum absolute atomic E-state index is 13.0. The van der Waals surface area contributed by atoms with Crippen LogP contribution in [0.1, 0.15) is 30.7 Å². The molecule has 0 aliphatic carbocycles. The highest BCUT2D eigenvalue weighted by molar-refractivity contribution is 7.10. The van der Waals surface area contributed by atoms with Crippen LogP contribution in [0.15, 0.2) is 35.7 Å². The van der Waals surface area contributed by atoms with E-state index >= 15 is 0 Å². The first-order valence-electron chi connectivity index (χ1n) is 10.2. The van der Waals surface area contributed by atoms with Crippen molar-refractivity contribution < 1.29 is 14.3 Å². The summed E-state index contributed by atoms with van der Waals surface area (Å²) in [6.07, 6.45) is 0.855. The van der Waals surface area contributed by atoms with Gasteiger partial charge in [-0.2, -0.15) is 0 Å². The predicted octanol–water partition coefficient (Wildman–Crippen LogP) is 4.02. The predicted molar refractivity (Wildman–Crippen MR) is 124 cm³/mol. The second-order valence-corrected chi connectivity index (χ2v) is 8.98. The number of hydrogen-bond donors (Lipinski definition) is 1. The molecule has 0 saturated heterocycles. The number of anilines is 2.